The fourth-order valence-corrected chi connectivity index (χ4v) is 2.54. The van der Waals surface area contributed by atoms with E-state index in [4.69, 9.17) is 4.74 Å². The number of esters is 1. The predicted octanol–water partition coefficient (Wildman–Crippen LogP) is 2.46. The van der Waals surface area contributed by atoms with E-state index >= 15 is 0 Å². The summed E-state index contributed by atoms with van der Waals surface area (Å²) in [6.07, 6.45) is 1.83. The molecular weight excluding hydrogens is 260 g/mol. The van der Waals surface area contributed by atoms with Gasteiger partial charge in [0.2, 0.25) is 0 Å². The molecule has 0 radical (unpaired) electrons. The maximum Gasteiger partial charge on any atom is 0.327 e. The van der Waals surface area contributed by atoms with Crippen LogP contribution in [0.15, 0.2) is 36.5 Å². The van der Waals surface area contributed by atoms with Crippen molar-refractivity contribution in [3.63, 3.8) is 0 Å². The van der Waals surface area contributed by atoms with Gasteiger partial charge in [-0.05, 0) is 12.5 Å². The van der Waals surface area contributed by atoms with Crippen LogP contribution < -0.4 is 5.32 Å². The molecule has 1 unspecified atom stereocenters. The van der Waals surface area contributed by atoms with Gasteiger partial charge in [0.1, 0.15) is 6.04 Å². The van der Waals surface area contributed by atoms with Gasteiger partial charge in [-0.15, -0.1) is 11.3 Å². The molecule has 0 aliphatic carbocycles. The molecule has 1 heterocycles. The van der Waals surface area contributed by atoms with Crippen LogP contribution in [0.25, 0.3) is 0 Å². The van der Waals surface area contributed by atoms with Crippen molar-refractivity contribution in [1.29, 1.82) is 0 Å². The molecule has 1 N–H and O–H groups in total. The number of thiazole rings is 1. The Kier molecular flexibility index (Phi) is 4.65. The number of nitrogens with one attached hydrogen (secondary N) is 1. The van der Waals surface area contributed by atoms with E-state index in [0.717, 1.165) is 15.4 Å². The van der Waals surface area contributed by atoms with Gasteiger partial charge >= 0.3 is 5.97 Å². The Balaban J connectivity index is 2.09. The molecule has 1 aromatic carbocycles. The number of rotatable bonds is 5. The number of ether oxygens (including phenoxy) is 1. The van der Waals surface area contributed by atoms with E-state index in [1.54, 1.807) is 11.3 Å². The molecule has 0 spiro atoms. The average Bonchev–Trinajstić information content (AvgIpc) is 2.85. The van der Waals surface area contributed by atoms with Gasteiger partial charge in [-0.25, -0.2) is 9.78 Å². The highest BCUT2D eigenvalue weighted by Gasteiger charge is 2.20. The molecule has 0 saturated carbocycles. The first-order chi connectivity index (χ1) is 9.20. The number of methoxy groups -OCH3 is 1. The second-order valence-corrected chi connectivity index (χ2v) is 5.41. The lowest BCUT2D eigenvalue weighted by atomic mass is 10.1. The van der Waals surface area contributed by atoms with Crippen LogP contribution in [-0.2, 0) is 16.1 Å². The first-order valence-electron chi connectivity index (χ1n) is 5.98. The van der Waals surface area contributed by atoms with Crippen LogP contribution >= 0.6 is 11.3 Å². The van der Waals surface area contributed by atoms with Gasteiger partial charge in [-0.3, -0.25) is 5.32 Å². The maximum absolute atomic E-state index is 11.8. The first kappa shape index (κ1) is 13.7. The quantitative estimate of drug-likeness (QED) is 0.852. The van der Waals surface area contributed by atoms with Gasteiger partial charge in [0, 0.05) is 17.6 Å². The number of benzene rings is 1. The normalized spacial score (nSPS) is 12.1. The van der Waals surface area contributed by atoms with E-state index in [1.165, 1.54) is 7.11 Å². The van der Waals surface area contributed by atoms with E-state index in [0.29, 0.717) is 6.54 Å². The molecule has 1 aromatic heterocycles. The van der Waals surface area contributed by atoms with Crippen molar-refractivity contribution in [2.24, 2.45) is 0 Å². The van der Waals surface area contributed by atoms with E-state index in [2.05, 4.69) is 10.3 Å². The summed E-state index contributed by atoms with van der Waals surface area (Å²) < 4.78 is 4.85. The van der Waals surface area contributed by atoms with Crippen LogP contribution in [-0.4, -0.2) is 18.1 Å². The zero-order valence-electron chi connectivity index (χ0n) is 10.9. The van der Waals surface area contributed by atoms with Crippen LogP contribution in [0.5, 0.6) is 0 Å². The minimum Gasteiger partial charge on any atom is -0.468 e. The summed E-state index contributed by atoms with van der Waals surface area (Å²) in [5, 5.41) is 4.23. The van der Waals surface area contributed by atoms with E-state index < -0.39 is 6.04 Å². The predicted molar refractivity (Wildman–Crippen MR) is 74.9 cm³/mol. The van der Waals surface area contributed by atoms with Crippen LogP contribution in [0, 0.1) is 6.92 Å². The van der Waals surface area contributed by atoms with Crippen molar-refractivity contribution in [2.45, 2.75) is 19.5 Å². The number of hydrogen-bond donors (Lipinski definition) is 1. The maximum atomic E-state index is 11.8. The molecule has 0 aliphatic heterocycles. The standard InChI is InChI=1S/C14H16N2O2S/c1-10-15-8-12(19-10)9-16-13(14(17)18-2)11-6-4-3-5-7-11/h3-8,13,16H,9H2,1-2H3. The molecule has 1 atom stereocenters. The zero-order valence-corrected chi connectivity index (χ0v) is 11.7. The third kappa shape index (κ3) is 3.62. The van der Waals surface area contributed by atoms with Crippen molar-refractivity contribution in [2.75, 3.05) is 7.11 Å². The van der Waals surface area contributed by atoms with Crippen molar-refractivity contribution in [3.8, 4) is 0 Å². The highest BCUT2D eigenvalue weighted by molar-refractivity contribution is 7.11. The Morgan fingerprint density at radius 2 is 2.16 bits per heavy atom. The molecule has 0 fully saturated rings. The van der Waals surface area contributed by atoms with Gasteiger partial charge in [0.15, 0.2) is 0 Å². The van der Waals surface area contributed by atoms with Crippen molar-refractivity contribution < 1.29 is 9.53 Å². The number of hydrogen-bond acceptors (Lipinski definition) is 5. The molecule has 19 heavy (non-hydrogen) atoms. The zero-order chi connectivity index (χ0) is 13.7. The fourth-order valence-electron chi connectivity index (χ4n) is 1.79. The first-order valence-corrected chi connectivity index (χ1v) is 6.80. The summed E-state index contributed by atoms with van der Waals surface area (Å²) in [6, 6.07) is 9.10. The number of aryl methyl sites for hydroxylation is 1. The molecule has 5 heteroatoms. The molecule has 2 rings (SSSR count). The molecule has 4 nitrogen and oxygen atoms in total. The highest BCUT2D eigenvalue weighted by atomic mass is 32.1. The van der Waals surface area contributed by atoms with Gasteiger partial charge < -0.3 is 4.74 Å². The smallest absolute Gasteiger partial charge is 0.327 e. The van der Waals surface area contributed by atoms with Crippen molar-refractivity contribution >= 4 is 17.3 Å². The van der Waals surface area contributed by atoms with E-state index in [9.17, 15) is 4.79 Å². The van der Waals surface area contributed by atoms with Gasteiger partial charge in [0.05, 0.1) is 12.1 Å². The Hall–Kier alpha value is -1.72. The van der Waals surface area contributed by atoms with Crippen LogP contribution in [0.1, 0.15) is 21.5 Å². The van der Waals surface area contributed by atoms with E-state index in [-0.39, 0.29) is 5.97 Å². The SMILES string of the molecule is COC(=O)C(NCc1cnc(C)s1)c1ccccc1. The van der Waals surface area contributed by atoms with Crippen LogP contribution in [0.4, 0.5) is 0 Å². The topological polar surface area (TPSA) is 51.2 Å². The number of carbonyl (C=O) groups excluding carboxylic acids is 1. The Labute approximate surface area is 116 Å². The van der Waals surface area contributed by atoms with Crippen molar-refractivity contribution in [3.05, 3.63) is 52.0 Å². The second-order valence-electron chi connectivity index (χ2n) is 4.09. The Morgan fingerprint density at radius 1 is 1.42 bits per heavy atom. The minimum atomic E-state index is -0.450. The Bertz CT molecular complexity index is 539. The van der Waals surface area contributed by atoms with Crippen LogP contribution in [0.3, 0.4) is 0 Å². The molecule has 100 valence electrons. The van der Waals surface area contributed by atoms with E-state index in [1.807, 2.05) is 43.5 Å². The second kappa shape index (κ2) is 6.45. The molecular formula is C14H16N2O2S. The number of nitrogens with zero attached hydrogens (tertiary/aromatic N) is 1. The monoisotopic (exact) mass is 276 g/mol. The minimum absolute atomic E-state index is 0.285. The van der Waals surface area contributed by atoms with Gasteiger partial charge in [0.25, 0.3) is 0 Å². The fraction of sp³-hybridized carbons (Fsp3) is 0.286. The highest BCUT2D eigenvalue weighted by Crippen LogP contribution is 2.17. The largest absolute Gasteiger partial charge is 0.468 e. The molecule has 0 amide bonds. The Morgan fingerprint density at radius 3 is 2.74 bits per heavy atom. The van der Waals surface area contributed by atoms with Gasteiger partial charge in [-0.1, -0.05) is 30.3 Å². The third-order valence-electron chi connectivity index (χ3n) is 2.72. The lowest BCUT2D eigenvalue weighted by Gasteiger charge is -2.16. The lowest BCUT2D eigenvalue weighted by molar-refractivity contribution is -0.143. The number of carbonyl (C=O) groups is 1. The summed E-state index contributed by atoms with van der Waals surface area (Å²) in [6.45, 7) is 2.56. The summed E-state index contributed by atoms with van der Waals surface area (Å²) in [4.78, 5) is 17.1. The summed E-state index contributed by atoms with van der Waals surface area (Å²) in [5.74, 6) is -0.285. The molecule has 2 aromatic rings. The van der Waals surface area contributed by atoms with Crippen molar-refractivity contribution in [1.82, 2.24) is 10.3 Å². The summed E-state index contributed by atoms with van der Waals surface area (Å²) in [5.41, 5.74) is 0.899. The summed E-state index contributed by atoms with van der Waals surface area (Å²) >= 11 is 1.62. The molecule has 0 bridgehead atoms. The van der Waals surface area contributed by atoms with Gasteiger partial charge in [-0.2, -0.15) is 0 Å². The summed E-state index contributed by atoms with van der Waals surface area (Å²) in [7, 11) is 1.40. The average molecular weight is 276 g/mol. The lowest BCUT2D eigenvalue weighted by Crippen LogP contribution is -2.29. The molecule has 0 saturated heterocycles. The third-order valence-corrected chi connectivity index (χ3v) is 3.63. The van der Waals surface area contributed by atoms with Crippen LogP contribution in [0.2, 0.25) is 0 Å². The number of aromatic nitrogens is 1. The molecule has 0 aliphatic rings.